The Bertz CT molecular complexity index is 981. The summed E-state index contributed by atoms with van der Waals surface area (Å²) in [5.74, 6) is -0.962. The summed E-state index contributed by atoms with van der Waals surface area (Å²) in [5.41, 5.74) is -0.704. The summed E-state index contributed by atoms with van der Waals surface area (Å²) in [6.45, 7) is 1.30. The van der Waals surface area contributed by atoms with Crippen molar-refractivity contribution < 1.29 is 14.3 Å². The van der Waals surface area contributed by atoms with Gasteiger partial charge in [0.05, 0.1) is 12.9 Å². The number of hydrogen-bond donors (Lipinski definition) is 0. The lowest BCUT2D eigenvalue weighted by Crippen LogP contribution is -2.46. The number of rotatable bonds is 6. The maximum atomic E-state index is 12.7. The predicted molar refractivity (Wildman–Crippen MR) is 91.6 cm³/mol. The van der Waals surface area contributed by atoms with Crippen molar-refractivity contribution in [1.29, 1.82) is 0 Å². The van der Waals surface area contributed by atoms with Gasteiger partial charge in [-0.2, -0.15) is 0 Å². The van der Waals surface area contributed by atoms with Gasteiger partial charge in [0.25, 0.3) is 5.56 Å². The molecular weight excluding hydrogens is 342 g/mol. The van der Waals surface area contributed by atoms with Gasteiger partial charge in [0, 0.05) is 20.1 Å². The van der Waals surface area contributed by atoms with E-state index in [0.717, 1.165) is 17.4 Å². The van der Waals surface area contributed by atoms with Gasteiger partial charge in [0.1, 0.15) is 13.1 Å². The topological polar surface area (TPSA) is 108 Å². The van der Waals surface area contributed by atoms with E-state index in [9.17, 15) is 19.2 Å². The minimum absolute atomic E-state index is 0.0492. The van der Waals surface area contributed by atoms with Crippen LogP contribution >= 0.6 is 0 Å². The predicted octanol–water partition coefficient (Wildman–Crippen LogP) is -1.01. The Hall–Kier alpha value is -2.91. The van der Waals surface area contributed by atoms with Crippen molar-refractivity contribution in [2.45, 2.75) is 32.4 Å². The molecule has 0 aromatic carbocycles. The van der Waals surface area contributed by atoms with Crippen LogP contribution in [0.25, 0.3) is 11.2 Å². The molecule has 1 amide bonds. The number of aryl methyl sites for hydroxylation is 2. The summed E-state index contributed by atoms with van der Waals surface area (Å²) >= 11 is 0. The van der Waals surface area contributed by atoms with Crippen molar-refractivity contribution in [2.24, 2.45) is 14.1 Å². The van der Waals surface area contributed by atoms with Crippen LogP contribution in [0.3, 0.4) is 0 Å². The van der Waals surface area contributed by atoms with Gasteiger partial charge >= 0.3 is 11.7 Å². The first-order chi connectivity index (χ1) is 12.3. The second-order valence-corrected chi connectivity index (χ2v) is 6.32. The highest BCUT2D eigenvalue weighted by atomic mass is 16.5. The summed E-state index contributed by atoms with van der Waals surface area (Å²) in [5, 5.41) is 0. The van der Waals surface area contributed by atoms with Crippen molar-refractivity contribution in [3.05, 3.63) is 27.2 Å². The van der Waals surface area contributed by atoms with Crippen LogP contribution < -0.4 is 11.2 Å². The van der Waals surface area contributed by atoms with E-state index in [1.54, 1.807) is 14.0 Å². The van der Waals surface area contributed by atoms with Crippen LogP contribution in [-0.2, 0) is 35.0 Å². The monoisotopic (exact) mass is 363 g/mol. The van der Waals surface area contributed by atoms with E-state index in [4.69, 9.17) is 4.74 Å². The van der Waals surface area contributed by atoms with Crippen molar-refractivity contribution in [2.75, 3.05) is 13.2 Å². The Morgan fingerprint density at radius 2 is 2.00 bits per heavy atom. The summed E-state index contributed by atoms with van der Waals surface area (Å²) in [6.07, 6.45) is 3.02. The van der Waals surface area contributed by atoms with E-state index in [-0.39, 0.29) is 30.4 Å². The van der Waals surface area contributed by atoms with Gasteiger partial charge in [-0.3, -0.25) is 19.0 Å². The molecule has 3 rings (SSSR count). The molecule has 0 spiro atoms. The molecule has 0 unspecified atom stereocenters. The number of fused-ring (bicyclic) bond motifs is 1. The first kappa shape index (κ1) is 17.9. The van der Waals surface area contributed by atoms with Gasteiger partial charge in [0.2, 0.25) is 5.91 Å². The molecule has 0 radical (unpaired) electrons. The molecule has 2 aromatic heterocycles. The molecule has 26 heavy (non-hydrogen) atoms. The Kier molecular flexibility index (Phi) is 4.66. The molecule has 0 atom stereocenters. The van der Waals surface area contributed by atoms with Crippen LogP contribution in [0.5, 0.6) is 0 Å². The molecule has 2 heterocycles. The van der Waals surface area contributed by atoms with E-state index >= 15 is 0 Å². The SMILES string of the molecule is CCOC(=O)CN(C(=O)Cn1c(=O)c2c(ncn2C)n(C)c1=O)C1CC1. The smallest absolute Gasteiger partial charge is 0.332 e. The standard InChI is InChI=1S/C16H21N5O5/c1-4-26-12(23)8-20(10-5-6-10)11(22)7-21-15(24)13-14(17-9-18(13)2)19(3)16(21)25/h9-10H,4-8H2,1-3H3. The van der Waals surface area contributed by atoms with Gasteiger partial charge in [-0.15, -0.1) is 0 Å². The largest absolute Gasteiger partial charge is 0.465 e. The first-order valence-corrected chi connectivity index (χ1v) is 8.41. The van der Waals surface area contributed by atoms with Crippen LogP contribution in [-0.4, -0.2) is 54.7 Å². The van der Waals surface area contributed by atoms with Gasteiger partial charge < -0.3 is 14.2 Å². The third kappa shape index (κ3) is 3.14. The van der Waals surface area contributed by atoms with Gasteiger partial charge in [-0.1, -0.05) is 0 Å². The van der Waals surface area contributed by atoms with Gasteiger partial charge in [0.15, 0.2) is 11.2 Å². The Labute approximate surface area is 148 Å². The number of carbonyl (C=O) groups is 2. The lowest BCUT2D eigenvalue weighted by Gasteiger charge is -2.21. The maximum Gasteiger partial charge on any atom is 0.332 e. The van der Waals surface area contributed by atoms with Crippen LogP contribution in [0.2, 0.25) is 0 Å². The number of carbonyl (C=O) groups excluding carboxylic acids is 2. The number of hydrogen-bond acceptors (Lipinski definition) is 6. The van der Waals surface area contributed by atoms with Gasteiger partial charge in [-0.25, -0.2) is 14.3 Å². The second kappa shape index (κ2) is 6.77. The fourth-order valence-electron chi connectivity index (χ4n) is 2.91. The molecule has 140 valence electrons. The van der Waals surface area contributed by atoms with E-state index in [1.165, 1.54) is 27.4 Å². The van der Waals surface area contributed by atoms with E-state index in [2.05, 4.69) is 4.98 Å². The fraction of sp³-hybridized carbons (Fsp3) is 0.562. The number of ether oxygens (including phenoxy) is 1. The number of imidazole rings is 1. The van der Waals surface area contributed by atoms with Crippen LogP contribution in [0.4, 0.5) is 0 Å². The van der Waals surface area contributed by atoms with Crippen molar-refractivity contribution in [1.82, 2.24) is 23.6 Å². The fourth-order valence-corrected chi connectivity index (χ4v) is 2.91. The summed E-state index contributed by atoms with van der Waals surface area (Å²) < 4.78 is 8.53. The molecule has 0 N–H and O–H groups in total. The average molecular weight is 363 g/mol. The zero-order valence-corrected chi connectivity index (χ0v) is 15.0. The second-order valence-electron chi connectivity index (χ2n) is 6.32. The number of amides is 1. The molecule has 0 aliphatic heterocycles. The van der Waals surface area contributed by atoms with E-state index < -0.39 is 29.7 Å². The third-order valence-electron chi connectivity index (χ3n) is 4.41. The van der Waals surface area contributed by atoms with Gasteiger partial charge in [-0.05, 0) is 19.8 Å². The molecule has 0 bridgehead atoms. The van der Waals surface area contributed by atoms with Crippen molar-refractivity contribution >= 4 is 23.0 Å². The highest BCUT2D eigenvalue weighted by molar-refractivity contribution is 5.82. The molecular formula is C16H21N5O5. The first-order valence-electron chi connectivity index (χ1n) is 8.41. The molecule has 10 heteroatoms. The van der Waals surface area contributed by atoms with Crippen molar-refractivity contribution in [3.8, 4) is 0 Å². The minimum Gasteiger partial charge on any atom is -0.465 e. The number of esters is 1. The lowest BCUT2D eigenvalue weighted by molar-refractivity contribution is -0.149. The molecule has 1 aliphatic carbocycles. The Balaban J connectivity index is 1.93. The third-order valence-corrected chi connectivity index (χ3v) is 4.41. The molecule has 2 aromatic rings. The quantitative estimate of drug-likeness (QED) is 0.609. The molecule has 1 aliphatic rings. The maximum absolute atomic E-state index is 12.7. The molecule has 10 nitrogen and oxygen atoms in total. The zero-order valence-electron chi connectivity index (χ0n) is 15.0. The van der Waals surface area contributed by atoms with Crippen LogP contribution in [0.1, 0.15) is 19.8 Å². The van der Waals surface area contributed by atoms with Crippen LogP contribution in [0.15, 0.2) is 15.9 Å². The van der Waals surface area contributed by atoms with Crippen molar-refractivity contribution in [3.63, 3.8) is 0 Å². The highest BCUT2D eigenvalue weighted by Gasteiger charge is 2.34. The summed E-state index contributed by atoms with van der Waals surface area (Å²) in [7, 11) is 3.14. The zero-order chi connectivity index (χ0) is 19.0. The average Bonchev–Trinajstić information content (AvgIpc) is 3.36. The van der Waals surface area contributed by atoms with E-state index in [0.29, 0.717) is 0 Å². The summed E-state index contributed by atoms with van der Waals surface area (Å²) in [6, 6.07) is -0.0492. The Morgan fingerprint density at radius 1 is 1.31 bits per heavy atom. The number of nitrogens with zero attached hydrogens (tertiary/aromatic N) is 5. The minimum atomic E-state index is -0.624. The highest BCUT2D eigenvalue weighted by Crippen LogP contribution is 2.26. The number of aromatic nitrogens is 4. The normalized spacial score (nSPS) is 13.8. The van der Waals surface area contributed by atoms with Crippen LogP contribution in [0, 0.1) is 0 Å². The Morgan fingerprint density at radius 3 is 2.62 bits per heavy atom. The molecule has 0 saturated heterocycles. The lowest BCUT2D eigenvalue weighted by atomic mass is 10.4. The van der Waals surface area contributed by atoms with E-state index in [1.807, 2.05) is 0 Å². The molecule has 1 fully saturated rings. The molecule has 1 saturated carbocycles. The summed E-state index contributed by atoms with van der Waals surface area (Å²) in [4.78, 5) is 55.1.